The Hall–Kier alpha value is -2.55. The second-order valence-corrected chi connectivity index (χ2v) is 8.01. The molecule has 1 aliphatic heterocycles. The van der Waals surface area contributed by atoms with Gasteiger partial charge in [-0.15, -0.1) is 0 Å². The van der Waals surface area contributed by atoms with E-state index in [9.17, 15) is 4.79 Å². The zero-order valence-corrected chi connectivity index (χ0v) is 14.4. The summed E-state index contributed by atoms with van der Waals surface area (Å²) in [4.78, 5) is 13.0. The van der Waals surface area contributed by atoms with E-state index in [1.54, 1.807) is 0 Å². The molecule has 0 N–H and O–H groups in total. The van der Waals surface area contributed by atoms with Crippen LogP contribution in [0.4, 0.5) is 0 Å². The first-order valence-electron chi connectivity index (χ1n) is 9.58. The summed E-state index contributed by atoms with van der Waals surface area (Å²) in [6.07, 6.45) is 3.96. The molecule has 2 aliphatic carbocycles. The van der Waals surface area contributed by atoms with Crippen molar-refractivity contribution in [3.05, 3.63) is 76.1 Å². The van der Waals surface area contributed by atoms with E-state index in [-0.39, 0.29) is 17.6 Å². The fraction of sp³-hybridized carbons (Fsp3) is 0.348. The van der Waals surface area contributed by atoms with Crippen LogP contribution in [-0.2, 0) is 0 Å². The minimum absolute atomic E-state index is 0.0705. The minimum Gasteiger partial charge on any atom is -0.488 e. The van der Waals surface area contributed by atoms with E-state index < -0.39 is 0 Å². The summed E-state index contributed by atoms with van der Waals surface area (Å²) in [6, 6.07) is 18.2. The average Bonchev–Trinajstić information content (AvgIpc) is 3.30. The molecule has 0 saturated heterocycles. The normalized spacial score (nSPS) is 31.5. The van der Waals surface area contributed by atoms with Crippen LogP contribution in [0, 0.1) is 17.8 Å². The summed E-state index contributed by atoms with van der Waals surface area (Å²) >= 11 is 0. The second-order valence-electron chi connectivity index (χ2n) is 8.01. The van der Waals surface area contributed by atoms with Crippen LogP contribution >= 0.6 is 0 Å². The number of hydrogen-bond acceptors (Lipinski definition) is 3. The molecule has 130 valence electrons. The molecule has 5 atom stereocenters. The SMILES string of the molecule is O=c1oc2ccccc2c2c1C(c1ccccc1)C1C3CCC(C3)C1O2. The Labute approximate surface area is 151 Å². The summed E-state index contributed by atoms with van der Waals surface area (Å²) < 4.78 is 12.3. The molecule has 6 rings (SSSR count). The molecule has 0 spiro atoms. The zero-order valence-electron chi connectivity index (χ0n) is 14.4. The van der Waals surface area contributed by atoms with Gasteiger partial charge >= 0.3 is 5.63 Å². The van der Waals surface area contributed by atoms with Crippen molar-refractivity contribution in [2.45, 2.75) is 31.3 Å². The van der Waals surface area contributed by atoms with Crippen molar-refractivity contribution >= 4 is 11.0 Å². The third-order valence-electron chi connectivity index (χ3n) is 6.81. The molecule has 26 heavy (non-hydrogen) atoms. The molecule has 1 aromatic heterocycles. The summed E-state index contributed by atoms with van der Waals surface area (Å²) in [6.45, 7) is 0. The highest BCUT2D eigenvalue weighted by atomic mass is 16.5. The van der Waals surface area contributed by atoms with E-state index in [1.807, 2.05) is 30.3 Å². The number of ether oxygens (including phenoxy) is 1. The number of para-hydroxylation sites is 1. The van der Waals surface area contributed by atoms with Crippen LogP contribution in [0.2, 0.25) is 0 Å². The maximum Gasteiger partial charge on any atom is 0.343 e. The number of rotatable bonds is 1. The summed E-state index contributed by atoms with van der Waals surface area (Å²) in [5.41, 5.74) is 2.31. The van der Waals surface area contributed by atoms with E-state index in [0.29, 0.717) is 23.3 Å². The van der Waals surface area contributed by atoms with Gasteiger partial charge in [-0.25, -0.2) is 4.79 Å². The Morgan fingerprint density at radius 1 is 0.885 bits per heavy atom. The summed E-state index contributed by atoms with van der Waals surface area (Å²) in [5, 5.41) is 0.921. The summed E-state index contributed by atoms with van der Waals surface area (Å²) in [5.74, 6) is 2.48. The lowest BCUT2D eigenvalue weighted by Crippen LogP contribution is -2.42. The Bertz CT molecular complexity index is 1050. The number of fused-ring (bicyclic) bond motifs is 8. The van der Waals surface area contributed by atoms with Gasteiger partial charge in [0, 0.05) is 11.8 Å². The minimum atomic E-state index is -0.242. The maximum atomic E-state index is 13.0. The molecule has 2 saturated carbocycles. The first kappa shape index (κ1) is 14.6. The monoisotopic (exact) mass is 344 g/mol. The van der Waals surface area contributed by atoms with E-state index in [0.717, 1.165) is 16.7 Å². The average molecular weight is 344 g/mol. The van der Waals surface area contributed by atoms with E-state index >= 15 is 0 Å². The quantitative estimate of drug-likeness (QED) is 0.599. The Morgan fingerprint density at radius 2 is 1.65 bits per heavy atom. The van der Waals surface area contributed by atoms with Crippen molar-refractivity contribution in [3.63, 3.8) is 0 Å². The Kier molecular flexibility index (Phi) is 2.94. The molecule has 2 aromatic carbocycles. The van der Waals surface area contributed by atoms with E-state index in [2.05, 4.69) is 24.3 Å². The predicted molar refractivity (Wildman–Crippen MR) is 99.5 cm³/mol. The summed E-state index contributed by atoms with van der Waals surface area (Å²) in [7, 11) is 0. The predicted octanol–water partition coefficient (Wildman–Crippen LogP) is 4.73. The second kappa shape index (κ2) is 5.23. The molecular weight excluding hydrogens is 324 g/mol. The lowest BCUT2D eigenvalue weighted by molar-refractivity contribution is 0.0541. The first-order valence-corrected chi connectivity index (χ1v) is 9.58. The van der Waals surface area contributed by atoms with Crippen LogP contribution in [0.15, 0.2) is 63.8 Å². The number of benzene rings is 2. The van der Waals surface area contributed by atoms with Crippen molar-refractivity contribution in [3.8, 4) is 5.75 Å². The van der Waals surface area contributed by atoms with Gasteiger partial charge < -0.3 is 9.15 Å². The molecule has 2 fully saturated rings. The molecular formula is C23H20O3. The third-order valence-corrected chi connectivity index (χ3v) is 6.81. The lowest BCUT2D eigenvalue weighted by atomic mass is 9.70. The molecule has 2 heterocycles. The van der Waals surface area contributed by atoms with E-state index in [4.69, 9.17) is 9.15 Å². The van der Waals surface area contributed by atoms with Crippen LogP contribution in [0.25, 0.3) is 11.0 Å². The molecule has 0 radical (unpaired) electrons. The molecule has 2 bridgehead atoms. The molecule has 5 unspecified atom stereocenters. The van der Waals surface area contributed by atoms with Crippen molar-refractivity contribution in [1.29, 1.82) is 0 Å². The van der Waals surface area contributed by atoms with Crippen molar-refractivity contribution < 1.29 is 9.15 Å². The van der Waals surface area contributed by atoms with Crippen molar-refractivity contribution in [1.82, 2.24) is 0 Å². The highest BCUT2D eigenvalue weighted by Gasteiger charge is 2.56. The highest BCUT2D eigenvalue weighted by Crippen LogP contribution is 2.59. The molecule has 3 aliphatic rings. The van der Waals surface area contributed by atoms with Gasteiger partial charge in [0.05, 0.1) is 10.9 Å². The molecule has 3 aromatic rings. The van der Waals surface area contributed by atoms with Gasteiger partial charge in [-0.2, -0.15) is 0 Å². The van der Waals surface area contributed by atoms with Crippen molar-refractivity contribution in [2.75, 3.05) is 0 Å². The van der Waals surface area contributed by atoms with Crippen LogP contribution in [-0.4, -0.2) is 6.10 Å². The fourth-order valence-corrected chi connectivity index (χ4v) is 5.83. The van der Waals surface area contributed by atoms with E-state index in [1.165, 1.54) is 24.8 Å². The van der Waals surface area contributed by atoms with Gasteiger partial charge in [0.1, 0.15) is 17.4 Å². The van der Waals surface area contributed by atoms with Gasteiger partial charge in [-0.05, 0) is 48.8 Å². The highest BCUT2D eigenvalue weighted by molar-refractivity contribution is 5.85. The van der Waals surface area contributed by atoms with Gasteiger partial charge in [0.15, 0.2) is 0 Å². The smallest absolute Gasteiger partial charge is 0.343 e. The first-order chi connectivity index (χ1) is 12.8. The largest absolute Gasteiger partial charge is 0.488 e. The van der Waals surface area contributed by atoms with Gasteiger partial charge in [0.2, 0.25) is 0 Å². The van der Waals surface area contributed by atoms with Crippen LogP contribution in [0.1, 0.15) is 36.3 Å². The molecule has 0 amide bonds. The molecule has 3 heteroatoms. The van der Waals surface area contributed by atoms with Crippen LogP contribution in [0.3, 0.4) is 0 Å². The Balaban J connectivity index is 1.66. The zero-order chi connectivity index (χ0) is 17.3. The molecule has 3 nitrogen and oxygen atoms in total. The van der Waals surface area contributed by atoms with Crippen molar-refractivity contribution in [2.24, 2.45) is 17.8 Å². The Morgan fingerprint density at radius 3 is 2.54 bits per heavy atom. The maximum absolute atomic E-state index is 13.0. The van der Waals surface area contributed by atoms with Crippen LogP contribution < -0.4 is 10.4 Å². The topological polar surface area (TPSA) is 39.4 Å². The number of hydrogen-bond donors (Lipinski definition) is 0. The van der Waals surface area contributed by atoms with Crippen LogP contribution in [0.5, 0.6) is 5.75 Å². The third kappa shape index (κ3) is 1.86. The van der Waals surface area contributed by atoms with Gasteiger partial charge in [-0.3, -0.25) is 0 Å². The standard InChI is InChI=1S/C23H20O3/c24-23-20-18(13-6-2-1-3-7-13)19-14-10-11-15(12-14)21(19)26-22(20)16-8-4-5-9-17(16)25-23/h1-9,14-15,18-19,21H,10-12H2. The lowest BCUT2D eigenvalue weighted by Gasteiger charge is -2.41. The van der Waals surface area contributed by atoms with Gasteiger partial charge in [-0.1, -0.05) is 42.5 Å². The van der Waals surface area contributed by atoms with Gasteiger partial charge in [0.25, 0.3) is 0 Å². The fourth-order valence-electron chi connectivity index (χ4n) is 5.83.